The molecule has 1 aliphatic carbocycles. The van der Waals surface area contributed by atoms with Gasteiger partial charge >= 0.3 is 12.1 Å². The van der Waals surface area contributed by atoms with E-state index in [0.29, 0.717) is 5.56 Å². The number of alkyl halides is 3. The number of rotatable bonds is 4. The highest BCUT2D eigenvalue weighted by Crippen LogP contribution is 2.44. The zero-order valence-corrected chi connectivity index (χ0v) is 15.0. The highest BCUT2D eigenvalue weighted by atomic mass is 19.4. The minimum absolute atomic E-state index is 0.134. The Morgan fingerprint density at radius 2 is 1.96 bits per heavy atom. The molecule has 142 valence electrons. The molecule has 1 aliphatic rings. The molecule has 1 heterocycles. The van der Waals surface area contributed by atoms with Gasteiger partial charge in [0.25, 0.3) is 0 Å². The van der Waals surface area contributed by atoms with Crippen LogP contribution in [-0.2, 0) is 16.0 Å². The largest absolute Gasteiger partial charge is 0.481 e. The number of ether oxygens (including phenoxy) is 2. The summed E-state index contributed by atoms with van der Waals surface area (Å²) in [6.45, 7) is 4.75. The fourth-order valence-electron chi connectivity index (χ4n) is 2.62. The van der Waals surface area contributed by atoms with E-state index in [9.17, 15) is 18.0 Å². The Balaban J connectivity index is 2.53. The van der Waals surface area contributed by atoms with Crippen molar-refractivity contribution >= 4 is 5.97 Å². The summed E-state index contributed by atoms with van der Waals surface area (Å²) in [5.74, 6) is -2.60. The second-order valence-electron chi connectivity index (χ2n) is 7.09. The first-order valence-corrected chi connectivity index (χ1v) is 7.99. The van der Waals surface area contributed by atoms with Gasteiger partial charge in [0.05, 0.1) is 12.5 Å². The maximum atomic E-state index is 13.7. The summed E-state index contributed by atoms with van der Waals surface area (Å²) in [5, 5.41) is 0. The molecule has 5 nitrogen and oxygen atoms in total. The second-order valence-corrected chi connectivity index (χ2v) is 7.09. The highest BCUT2D eigenvalue weighted by molar-refractivity contribution is 5.76. The van der Waals surface area contributed by atoms with Crippen LogP contribution in [-0.4, -0.2) is 34.8 Å². The van der Waals surface area contributed by atoms with E-state index < -0.39 is 29.1 Å². The molecule has 0 N–H and O–H groups in total. The van der Waals surface area contributed by atoms with E-state index in [1.54, 1.807) is 20.8 Å². The lowest BCUT2D eigenvalue weighted by Gasteiger charge is -2.40. The van der Waals surface area contributed by atoms with E-state index in [-0.39, 0.29) is 12.3 Å². The van der Waals surface area contributed by atoms with Crippen LogP contribution in [0.1, 0.15) is 26.3 Å². The molecular formula is C18H21F3N2O3. The first kappa shape index (κ1) is 19.9. The van der Waals surface area contributed by atoms with Crippen LogP contribution in [0.2, 0.25) is 0 Å². The average molecular weight is 370 g/mol. The lowest BCUT2D eigenvalue weighted by Crippen LogP contribution is -2.51. The molecule has 0 spiro atoms. The first-order chi connectivity index (χ1) is 12.0. The maximum Gasteiger partial charge on any atom is 0.399 e. The van der Waals surface area contributed by atoms with Crippen LogP contribution in [0.3, 0.4) is 0 Å². The normalized spacial score (nSPS) is 23.0. The van der Waals surface area contributed by atoms with Crippen molar-refractivity contribution in [2.45, 2.75) is 39.0 Å². The summed E-state index contributed by atoms with van der Waals surface area (Å²) in [6.07, 6.45) is 2.69. The van der Waals surface area contributed by atoms with E-state index in [2.05, 4.69) is 9.97 Å². The van der Waals surface area contributed by atoms with Crippen molar-refractivity contribution in [1.82, 2.24) is 9.97 Å². The average Bonchev–Trinajstić information content (AvgIpc) is 2.53. The number of hydrogen-bond acceptors (Lipinski definition) is 5. The van der Waals surface area contributed by atoms with Crippen LogP contribution in [0.25, 0.3) is 0 Å². The molecule has 0 aliphatic heterocycles. The second kappa shape index (κ2) is 7.09. The van der Waals surface area contributed by atoms with Crippen molar-refractivity contribution in [3.05, 3.63) is 42.4 Å². The van der Waals surface area contributed by atoms with E-state index in [1.807, 2.05) is 0 Å². The van der Waals surface area contributed by atoms with Crippen molar-refractivity contribution in [2.75, 3.05) is 7.11 Å². The fourth-order valence-corrected chi connectivity index (χ4v) is 2.62. The Hall–Kier alpha value is -2.38. The number of halogens is 3. The molecule has 0 saturated carbocycles. The predicted molar refractivity (Wildman–Crippen MR) is 88.4 cm³/mol. The minimum atomic E-state index is -4.61. The van der Waals surface area contributed by atoms with Gasteiger partial charge in [0.1, 0.15) is 17.8 Å². The van der Waals surface area contributed by atoms with Gasteiger partial charge in [0, 0.05) is 18.2 Å². The lowest BCUT2D eigenvalue weighted by atomic mass is 9.78. The number of aromatic nitrogens is 2. The molecule has 8 heteroatoms. The molecule has 0 fully saturated rings. The molecular weight excluding hydrogens is 349 g/mol. The molecule has 2 rings (SSSR count). The van der Waals surface area contributed by atoms with Gasteiger partial charge in [-0.1, -0.05) is 18.2 Å². The Morgan fingerprint density at radius 1 is 1.27 bits per heavy atom. The van der Waals surface area contributed by atoms with Crippen molar-refractivity contribution < 1.29 is 27.4 Å². The van der Waals surface area contributed by atoms with Crippen LogP contribution < -0.4 is 4.74 Å². The lowest BCUT2D eigenvalue weighted by molar-refractivity contribution is -0.216. The van der Waals surface area contributed by atoms with Gasteiger partial charge in [0.2, 0.25) is 5.88 Å². The molecule has 0 bridgehead atoms. The number of esters is 1. The third kappa shape index (κ3) is 4.23. The Morgan fingerprint density at radius 3 is 2.54 bits per heavy atom. The Kier molecular flexibility index (Phi) is 5.44. The summed E-state index contributed by atoms with van der Waals surface area (Å²) in [4.78, 5) is 20.2. The summed E-state index contributed by atoms with van der Waals surface area (Å²) < 4.78 is 51.8. The molecule has 0 radical (unpaired) electrons. The number of hydrogen-bond donors (Lipinski definition) is 0. The zero-order valence-electron chi connectivity index (χ0n) is 15.0. The van der Waals surface area contributed by atoms with Gasteiger partial charge in [-0.3, -0.25) is 4.79 Å². The van der Waals surface area contributed by atoms with Crippen LogP contribution in [0, 0.1) is 11.3 Å². The minimum Gasteiger partial charge on any atom is -0.481 e. The molecule has 2 unspecified atom stereocenters. The van der Waals surface area contributed by atoms with Gasteiger partial charge in [0.15, 0.2) is 0 Å². The monoisotopic (exact) mass is 370 g/mol. The summed E-state index contributed by atoms with van der Waals surface area (Å²) >= 11 is 0. The van der Waals surface area contributed by atoms with Gasteiger partial charge in [-0.15, -0.1) is 0 Å². The third-order valence-electron chi connectivity index (χ3n) is 3.97. The molecule has 1 aromatic heterocycles. The smallest absolute Gasteiger partial charge is 0.399 e. The quantitative estimate of drug-likeness (QED) is 0.757. The van der Waals surface area contributed by atoms with Gasteiger partial charge < -0.3 is 9.47 Å². The molecule has 0 aromatic carbocycles. The molecule has 0 amide bonds. The van der Waals surface area contributed by atoms with E-state index in [0.717, 1.165) is 6.08 Å². The fraction of sp³-hybridized carbons (Fsp3) is 0.500. The van der Waals surface area contributed by atoms with Crippen molar-refractivity contribution in [2.24, 2.45) is 11.3 Å². The van der Waals surface area contributed by atoms with Crippen LogP contribution in [0.4, 0.5) is 13.2 Å². The van der Waals surface area contributed by atoms with Gasteiger partial charge in [-0.05, 0) is 26.8 Å². The van der Waals surface area contributed by atoms with Crippen molar-refractivity contribution in [1.29, 1.82) is 0 Å². The number of carbonyl (C=O) groups is 1. The number of carbonyl (C=O) groups excluding carboxylic acids is 1. The Labute approximate surface area is 149 Å². The zero-order chi connectivity index (χ0) is 19.6. The van der Waals surface area contributed by atoms with Gasteiger partial charge in [-0.25, -0.2) is 9.97 Å². The molecule has 2 atom stereocenters. The molecule has 1 aromatic rings. The summed E-state index contributed by atoms with van der Waals surface area (Å²) in [7, 11) is 1.36. The Bertz CT molecular complexity index is 723. The first-order valence-electron chi connectivity index (χ1n) is 7.99. The molecule has 26 heavy (non-hydrogen) atoms. The summed E-state index contributed by atoms with van der Waals surface area (Å²) in [5.41, 5.74) is -2.60. The summed E-state index contributed by atoms with van der Waals surface area (Å²) in [6, 6.07) is 0. The van der Waals surface area contributed by atoms with Gasteiger partial charge in [-0.2, -0.15) is 13.2 Å². The van der Waals surface area contributed by atoms with E-state index in [4.69, 9.17) is 9.47 Å². The van der Waals surface area contributed by atoms with E-state index in [1.165, 1.54) is 37.9 Å². The maximum absolute atomic E-state index is 13.7. The number of allylic oxidation sites excluding steroid dienone is 2. The molecule has 0 saturated heterocycles. The van der Waals surface area contributed by atoms with E-state index >= 15 is 0 Å². The van der Waals surface area contributed by atoms with Crippen LogP contribution in [0.15, 0.2) is 36.8 Å². The van der Waals surface area contributed by atoms with Crippen molar-refractivity contribution in [3.63, 3.8) is 0 Å². The van der Waals surface area contributed by atoms with Crippen LogP contribution in [0.5, 0.6) is 5.88 Å². The number of methoxy groups -OCH3 is 1. The predicted octanol–water partition coefficient (Wildman–Crippen LogP) is 3.66. The topological polar surface area (TPSA) is 61.3 Å². The highest BCUT2D eigenvalue weighted by Gasteiger charge is 2.55. The third-order valence-corrected chi connectivity index (χ3v) is 3.97. The van der Waals surface area contributed by atoms with Crippen LogP contribution >= 0.6 is 0 Å². The standard InChI is InChI=1S/C18H21F3N2O3/c1-16(2,3)15(24)26-17(8-6-5-7-13(17)18(19,20)21)9-12-10-22-11-23-14(12)25-4/h5-8,10-11,13H,9H2,1-4H3. The number of nitrogens with zero attached hydrogens (tertiary/aromatic N) is 2. The SMILES string of the molecule is COc1ncncc1CC1(OC(=O)C(C)(C)C)C=CC=CC1C(F)(F)F. The van der Waals surface area contributed by atoms with Crippen molar-refractivity contribution in [3.8, 4) is 5.88 Å².